The monoisotopic (exact) mass is 414 g/mol. The zero-order valence-electron chi connectivity index (χ0n) is 16.1. The first kappa shape index (κ1) is 20.6. The molecule has 0 aliphatic heterocycles. The Kier molecular flexibility index (Phi) is 6.05. The van der Waals surface area contributed by atoms with Gasteiger partial charge in [-0.05, 0) is 55.5 Å². The lowest BCUT2D eigenvalue weighted by atomic mass is 10.2. The number of rotatable bonds is 7. The Hall–Kier alpha value is -3.10. The number of hydrogen-bond donors (Lipinski definition) is 2. The Morgan fingerprint density at radius 1 is 1.10 bits per heavy atom. The number of amides is 1. The molecule has 1 unspecified atom stereocenters. The quantitative estimate of drug-likeness (QED) is 0.619. The lowest BCUT2D eigenvalue weighted by Gasteiger charge is -2.20. The summed E-state index contributed by atoms with van der Waals surface area (Å²) in [5.41, 5.74) is 1.75. The Morgan fingerprint density at radius 3 is 2.34 bits per heavy atom. The topological polar surface area (TPSA) is 99.9 Å². The van der Waals surface area contributed by atoms with Crippen molar-refractivity contribution in [1.29, 1.82) is 0 Å². The van der Waals surface area contributed by atoms with Gasteiger partial charge in [0.1, 0.15) is 11.9 Å². The molecular formula is C21H22N2O5S. The first-order valence-electron chi connectivity index (χ1n) is 8.94. The summed E-state index contributed by atoms with van der Waals surface area (Å²) in [6, 6.07) is 16.1. The van der Waals surface area contributed by atoms with E-state index in [9.17, 15) is 18.3 Å². The molecule has 8 heteroatoms. The van der Waals surface area contributed by atoms with Crippen LogP contribution in [0.25, 0.3) is 0 Å². The van der Waals surface area contributed by atoms with Crippen molar-refractivity contribution >= 4 is 21.6 Å². The van der Waals surface area contributed by atoms with Crippen LogP contribution in [-0.4, -0.2) is 33.0 Å². The maximum Gasteiger partial charge on any atom is 0.264 e. The van der Waals surface area contributed by atoms with Gasteiger partial charge in [-0.15, -0.1) is 0 Å². The highest BCUT2D eigenvalue weighted by molar-refractivity contribution is 7.92. The van der Waals surface area contributed by atoms with Gasteiger partial charge < -0.3 is 14.8 Å². The molecule has 1 amide bonds. The van der Waals surface area contributed by atoms with E-state index in [2.05, 4.69) is 5.32 Å². The number of nitrogens with one attached hydrogen (secondary N) is 1. The summed E-state index contributed by atoms with van der Waals surface area (Å²) in [6.07, 6.45) is 0.499. The van der Waals surface area contributed by atoms with Gasteiger partial charge in [0.15, 0.2) is 0 Å². The second kappa shape index (κ2) is 8.50. The zero-order chi connectivity index (χ0) is 21.0. The molecule has 3 rings (SSSR count). The molecule has 0 saturated heterocycles. The fourth-order valence-electron chi connectivity index (χ4n) is 2.70. The molecule has 2 aromatic carbocycles. The number of hydrogen-bond acceptors (Lipinski definition) is 5. The molecule has 0 spiro atoms. The summed E-state index contributed by atoms with van der Waals surface area (Å²) in [7, 11) is -2.24. The van der Waals surface area contributed by atoms with Crippen molar-refractivity contribution < 1.29 is 22.7 Å². The number of furan rings is 1. The molecule has 0 aliphatic rings. The minimum Gasteiger partial charge on any atom is -0.467 e. The summed E-state index contributed by atoms with van der Waals surface area (Å²) < 4.78 is 31.8. The average Bonchev–Trinajstić information content (AvgIpc) is 3.26. The minimum atomic E-state index is -3.70. The van der Waals surface area contributed by atoms with Crippen LogP contribution in [0.3, 0.4) is 0 Å². The summed E-state index contributed by atoms with van der Waals surface area (Å²) in [4.78, 5) is 12.5. The number of benzene rings is 2. The van der Waals surface area contributed by atoms with Crippen molar-refractivity contribution in [3.05, 3.63) is 83.8 Å². The van der Waals surface area contributed by atoms with E-state index in [-0.39, 0.29) is 17.3 Å². The van der Waals surface area contributed by atoms with E-state index >= 15 is 0 Å². The molecule has 29 heavy (non-hydrogen) atoms. The molecule has 0 radical (unpaired) electrons. The molecule has 1 heterocycles. The smallest absolute Gasteiger partial charge is 0.264 e. The van der Waals surface area contributed by atoms with Crippen LogP contribution >= 0.6 is 0 Å². The predicted octanol–water partition coefficient (Wildman–Crippen LogP) is 2.88. The molecule has 0 aliphatic carbocycles. The van der Waals surface area contributed by atoms with Gasteiger partial charge in [0.2, 0.25) is 0 Å². The van der Waals surface area contributed by atoms with Crippen LogP contribution < -0.4 is 9.62 Å². The van der Waals surface area contributed by atoms with Gasteiger partial charge in [0.05, 0.1) is 23.4 Å². The number of sulfonamides is 1. The van der Waals surface area contributed by atoms with Crippen LogP contribution in [0.2, 0.25) is 0 Å². The van der Waals surface area contributed by atoms with Crippen LogP contribution in [0, 0.1) is 6.92 Å². The zero-order valence-corrected chi connectivity index (χ0v) is 16.9. The number of aliphatic hydroxyl groups is 1. The Morgan fingerprint density at radius 2 is 1.76 bits per heavy atom. The second-order valence-electron chi connectivity index (χ2n) is 6.57. The van der Waals surface area contributed by atoms with Crippen molar-refractivity contribution in [2.75, 3.05) is 17.9 Å². The van der Waals surface area contributed by atoms with Crippen LogP contribution in [0.5, 0.6) is 0 Å². The third kappa shape index (κ3) is 4.67. The molecule has 3 aromatic rings. The Balaban J connectivity index is 1.67. The number of aliphatic hydroxyl groups excluding tert-OH is 1. The standard InChI is InChI=1S/C21H22N2O5S/c1-15-5-11-18(12-6-15)29(26,27)23(2)17-9-7-16(8-10-17)21(25)22-14-19(24)20-4-3-13-28-20/h3-13,19,24H,14H2,1-2H3,(H,22,25). The normalized spacial score (nSPS) is 12.4. The van der Waals surface area contributed by atoms with Gasteiger partial charge in [-0.25, -0.2) is 8.42 Å². The SMILES string of the molecule is Cc1ccc(S(=O)(=O)N(C)c2ccc(C(=O)NCC(O)c3ccco3)cc2)cc1. The molecule has 0 fully saturated rings. The summed E-state index contributed by atoms with van der Waals surface area (Å²) >= 11 is 0. The third-order valence-electron chi connectivity index (χ3n) is 4.50. The Bertz CT molecular complexity index is 1060. The first-order valence-corrected chi connectivity index (χ1v) is 10.4. The van der Waals surface area contributed by atoms with E-state index < -0.39 is 16.1 Å². The van der Waals surface area contributed by atoms with Gasteiger partial charge in [-0.2, -0.15) is 0 Å². The highest BCUT2D eigenvalue weighted by atomic mass is 32.2. The fraction of sp³-hybridized carbons (Fsp3) is 0.190. The van der Waals surface area contributed by atoms with Gasteiger partial charge in [0.25, 0.3) is 15.9 Å². The molecule has 1 atom stereocenters. The molecule has 2 N–H and O–H groups in total. The van der Waals surface area contributed by atoms with Crippen molar-refractivity contribution in [1.82, 2.24) is 5.32 Å². The van der Waals surface area contributed by atoms with E-state index in [1.165, 1.54) is 29.7 Å². The van der Waals surface area contributed by atoms with E-state index in [0.717, 1.165) is 5.56 Å². The maximum absolute atomic E-state index is 12.8. The lowest BCUT2D eigenvalue weighted by Crippen LogP contribution is -2.29. The first-order chi connectivity index (χ1) is 13.8. The molecule has 0 bridgehead atoms. The van der Waals surface area contributed by atoms with Crippen molar-refractivity contribution in [2.45, 2.75) is 17.9 Å². The third-order valence-corrected chi connectivity index (χ3v) is 6.30. The van der Waals surface area contributed by atoms with Crippen LogP contribution in [0.1, 0.15) is 27.8 Å². The fourth-order valence-corrected chi connectivity index (χ4v) is 3.90. The van der Waals surface area contributed by atoms with Crippen molar-refractivity contribution in [3.63, 3.8) is 0 Å². The van der Waals surface area contributed by atoms with Crippen LogP contribution in [-0.2, 0) is 10.0 Å². The Labute approximate surface area is 169 Å². The molecular weight excluding hydrogens is 392 g/mol. The van der Waals surface area contributed by atoms with E-state index in [0.29, 0.717) is 17.0 Å². The van der Waals surface area contributed by atoms with E-state index in [4.69, 9.17) is 4.42 Å². The highest BCUT2D eigenvalue weighted by Crippen LogP contribution is 2.23. The molecule has 0 saturated carbocycles. The average molecular weight is 414 g/mol. The predicted molar refractivity (Wildman–Crippen MR) is 109 cm³/mol. The molecule has 7 nitrogen and oxygen atoms in total. The molecule has 1 aromatic heterocycles. The van der Waals surface area contributed by atoms with Gasteiger partial charge in [-0.3, -0.25) is 9.10 Å². The number of carbonyl (C=O) groups is 1. The minimum absolute atomic E-state index is 0.00416. The number of carbonyl (C=O) groups excluding carboxylic acids is 1. The number of aryl methyl sites for hydroxylation is 1. The number of nitrogens with zero attached hydrogens (tertiary/aromatic N) is 1. The van der Waals surface area contributed by atoms with Crippen molar-refractivity contribution in [2.24, 2.45) is 0 Å². The largest absolute Gasteiger partial charge is 0.467 e. The van der Waals surface area contributed by atoms with E-state index in [1.807, 2.05) is 6.92 Å². The van der Waals surface area contributed by atoms with Gasteiger partial charge in [-0.1, -0.05) is 17.7 Å². The van der Waals surface area contributed by atoms with Crippen molar-refractivity contribution in [3.8, 4) is 0 Å². The maximum atomic E-state index is 12.8. The van der Waals surface area contributed by atoms with Crippen LogP contribution in [0.15, 0.2) is 76.2 Å². The van der Waals surface area contributed by atoms with E-state index in [1.54, 1.807) is 48.5 Å². The summed E-state index contributed by atoms with van der Waals surface area (Å²) in [5.74, 6) is -0.0187. The summed E-state index contributed by atoms with van der Waals surface area (Å²) in [6.45, 7) is 1.88. The summed E-state index contributed by atoms with van der Waals surface area (Å²) in [5, 5.41) is 12.6. The van der Waals surface area contributed by atoms with Crippen LogP contribution in [0.4, 0.5) is 5.69 Å². The van der Waals surface area contributed by atoms with Gasteiger partial charge >= 0.3 is 0 Å². The molecule has 152 valence electrons. The highest BCUT2D eigenvalue weighted by Gasteiger charge is 2.21. The van der Waals surface area contributed by atoms with Gasteiger partial charge in [0, 0.05) is 12.6 Å². The lowest BCUT2D eigenvalue weighted by molar-refractivity contribution is 0.0901. The second-order valence-corrected chi connectivity index (χ2v) is 8.54. The number of anilines is 1.